The minimum atomic E-state index is -0.581. The molecule has 5 rings (SSSR count). The third-order valence-electron chi connectivity index (χ3n) is 6.78. The number of carbonyl (C=O) groups is 1. The largest absolute Gasteiger partial charge is 0.490 e. The van der Waals surface area contributed by atoms with Crippen LogP contribution in [0.25, 0.3) is 20.9 Å². The summed E-state index contributed by atoms with van der Waals surface area (Å²) in [5, 5.41) is 14.7. The zero-order valence-electron chi connectivity index (χ0n) is 20.7. The van der Waals surface area contributed by atoms with E-state index in [1.807, 2.05) is 24.3 Å². The maximum Gasteiger partial charge on any atom is 0.415 e. The van der Waals surface area contributed by atoms with Crippen LogP contribution in [0.5, 0.6) is 10.8 Å². The molecule has 1 fully saturated rings. The molecule has 6 nitrogen and oxygen atoms in total. The van der Waals surface area contributed by atoms with Gasteiger partial charge in [0.2, 0.25) is 0 Å². The number of nitrogens with zero attached hydrogens (tertiary/aromatic N) is 2. The number of hydrogen-bond acceptors (Lipinski definition) is 6. The fraction of sp³-hybridized carbons (Fsp3) is 0.345. The van der Waals surface area contributed by atoms with Crippen molar-refractivity contribution >= 4 is 38.3 Å². The van der Waals surface area contributed by atoms with E-state index in [9.17, 15) is 9.90 Å². The average Bonchev–Trinajstić information content (AvgIpc) is 3.30. The third kappa shape index (κ3) is 5.64. The molecular formula is C29H32N2O4S. The van der Waals surface area contributed by atoms with Crippen molar-refractivity contribution in [3.05, 3.63) is 72.3 Å². The first-order valence-electron chi connectivity index (χ1n) is 12.4. The molecule has 3 aromatic carbocycles. The number of piperidine rings is 1. The highest BCUT2D eigenvalue weighted by atomic mass is 32.1. The number of ether oxygens (including phenoxy) is 2. The second kappa shape index (κ2) is 10.9. The Morgan fingerprint density at radius 2 is 1.83 bits per heavy atom. The Labute approximate surface area is 215 Å². The number of rotatable bonds is 7. The second-order valence-electron chi connectivity index (χ2n) is 9.64. The highest BCUT2D eigenvalue weighted by molar-refractivity contribution is 7.20. The average molecular weight is 505 g/mol. The lowest BCUT2D eigenvalue weighted by molar-refractivity contribution is 0.0599. The first-order valence-corrected chi connectivity index (χ1v) is 13.2. The zero-order chi connectivity index (χ0) is 25.1. The summed E-state index contributed by atoms with van der Waals surface area (Å²) in [5.41, 5.74) is 1.41. The van der Waals surface area contributed by atoms with Gasteiger partial charge >= 0.3 is 6.09 Å². The fourth-order valence-electron chi connectivity index (χ4n) is 4.81. The van der Waals surface area contributed by atoms with Gasteiger partial charge in [0.1, 0.15) is 18.5 Å². The highest BCUT2D eigenvalue weighted by Crippen LogP contribution is 2.37. The molecule has 1 saturated heterocycles. The van der Waals surface area contributed by atoms with E-state index in [-0.39, 0.29) is 6.61 Å². The van der Waals surface area contributed by atoms with Crippen LogP contribution < -0.4 is 9.47 Å². The van der Waals surface area contributed by atoms with Crippen LogP contribution >= 0.6 is 11.3 Å². The van der Waals surface area contributed by atoms with E-state index >= 15 is 0 Å². The van der Waals surface area contributed by atoms with Crippen LogP contribution in [-0.2, 0) is 0 Å². The third-order valence-corrected chi connectivity index (χ3v) is 7.76. The van der Waals surface area contributed by atoms with E-state index in [1.54, 1.807) is 14.1 Å². The van der Waals surface area contributed by atoms with E-state index in [2.05, 4.69) is 47.4 Å². The topological polar surface area (TPSA) is 62.2 Å². The minimum Gasteiger partial charge on any atom is -0.490 e. The molecule has 0 bridgehead atoms. The fourth-order valence-corrected chi connectivity index (χ4v) is 5.73. The molecule has 1 unspecified atom stereocenters. The van der Waals surface area contributed by atoms with Crippen molar-refractivity contribution in [1.29, 1.82) is 0 Å². The summed E-state index contributed by atoms with van der Waals surface area (Å²) in [4.78, 5) is 15.6. The zero-order valence-corrected chi connectivity index (χ0v) is 21.5. The molecule has 1 aliphatic heterocycles. The number of carbonyl (C=O) groups excluding carboxylic acids is 1. The predicted molar refractivity (Wildman–Crippen MR) is 145 cm³/mol. The molecule has 36 heavy (non-hydrogen) atoms. The Balaban J connectivity index is 1.13. The number of hydrogen-bond donors (Lipinski definition) is 1. The summed E-state index contributed by atoms with van der Waals surface area (Å²) in [6.07, 6.45) is 1.19. The molecular weight excluding hydrogens is 472 g/mol. The highest BCUT2D eigenvalue weighted by Gasteiger charge is 2.23. The van der Waals surface area contributed by atoms with Gasteiger partial charge in [-0.15, -0.1) is 0 Å². The number of benzene rings is 3. The molecule has 1 aromatic heterocycles. The SMILES string of the molecule is CN(C)C(=O)Oc1cc2c(OCC(O)CN3CCC(c4ccc5ccccc5c4)CC3)cccc2s1. The summed E-state index contributed by atoms with van der Waals surface area (Å²) < 4.78 is 12.4. The molecule has 1 aliphatic rings. The normalized spacial score (nSPS) is 15.8. The molecule has 188 valence electrons. The molecule has 0 radical (unpaired) electrons. The Morgan fingerprint density at radius 1 is 1.06 bits per heavy atom. The van der Waals surface area contributed by atoms with Crippen LogP contribution in [0.3, 0.4) is 0 Å². The van der Waals surface area contributed by atoms with E-state index in [0.29, 0.717) is 23.3 Å². The molecule has 0 spiro atoms. The number of β-amino-alcohol motifs (C(OH)–C–C–N with tert-alkyl or cyclic N) is 1. The smallest absolute Gasteiger partial charge is 0.415 e. The van der Waals surface area contributed by atoms with Gasteiger partial charge in [0, 0.05) is 36.8 Å². The minimum absolute atomic E-state index is 0.215. The van der Waals surface area contributed by atoms with E-state index in [0.717, 1.165) is 36.0 Å². The monoisotopic (exact) mass is 504 g/mol. The molecule has 1 atom stereocenters. The number of fused-ring (bicyclic) bond motifs is 2. The Hall–Kier alpha value is -3.13. The summed E-state index contributed by atoms with van der Waals surface area (Å²) in [7, 11) is 3.30. The van der Waals surface area contributed by atoms with Crippen LogP contribution in [0.1, 0.15) is 24.3 Å². The van der Waals surface area contributed by atoms with Crippen molar-refractivity contribution in [2.24, 2.45) is 0 Å². The van der Waals surface area contributed by atoms with Gasteiger partial charge in [-0.2, -0.15) is 0 Å². The summed E-state index contributed by atoms with van der Waals surface area (Å²) in [6, 6.07) is 22.9. The molecule has 0 saturated carbocycles. The van der Waals surface area contributed by atoms with Crippen molar-refractivity contribution in [2.75, 3.05) is 40.3 Å². The van der Waals surface area contributed by atoms with Gasteiger partial charge in [-0.3, -0.25) is 0 Å². The summed E-state index contributed by atoms with van der Waals surface area (Å²) >= 11 is 1.40. The molecule has 1 N–H and O–H groups in total. The predicted octanol–water partition coefficient (Wildman–Crippen LogP) is 5.73. The number of aliphatic hydroxyl groups is 1. The van der Waals surface area contributed by atoms with Crippen LogP contribution in [0.15, 0.2) is 66.7 Å². The Kier molecular flexibility index (Phi) is 7.41. The van der Waals surface area contributed by atoms with Crippen molar-refractivity contribution in [2.45, 2.75) is 24.9 Å². The van der Waals surface area contributed by atoms with Crippen molar-refractivity contribution in [1.82, 2.24) is 9.80 Å². The molecule has 1 amide bonds. The van der Waals surface area contributed by atoms with Gasteiger partial charge in [0.25, 0.3) is 0 Å². The van der Waals surface area contributed by atoms with Crippen molar-refractivity contribution < 1.29 is 19.4 Å². The lowest BCUT2D eigenvalue weighted by atomic mass is 9.88. The summed E-state index contributed by atoms with van der Waals surface area (Å²) in [5.74, 6) is 1.25. The van der Waals surface area contributed by atoms with E-state index in [4.69, 9.17) is 9.47 Å². The van der Waals surface area contributed by atoms with Gasteiger partial charge in [-0.05, 0) is 60.3 Å². The number of thiophene rings is 1. The Bertz CT molecular complexity index is 1340. The van der Waals surface area contributed by atoms with Crippen LogP contribution in [0.2, 0.25) is 0 Å². The molecule has 0 aliphatic carbocycles. The standard InChI is InChI=1S/C29H32N2O4S/c1-30(2)29(33)35-28-17-25-26(8-5-9-27(25)36-28)34-19-24(32)18-31-14-12-21(13-15-31)23-11-10-20-6-3-4-7-22(20)16-23/h3-11,16-17,21,24,32H,12-15,18-19H2,1-2H3. The van der Waals surface area contributed by atoms with Gasteiger partial charge in [-0.25, -0.2) is 4.79 Å². The molecule has 7 heteroatoms. The van der Waals surface area contributed by atoms with Gasteiger partial charge in [0.05, 0.1) is 0 Å². The number of likely N-dealkylation sites (tertiary alicyclic amines) is 1. The van der Waals surface area contributed by atoms with Gasteiger partial charge in [-0.1, -0.05) is 59.9 Å². The second-order valence-corrected chi connectivity index (χ2v) is 10.7. The summed E-state index contributed by atoms with van der Waals surface area (Å²) in [6.45, 7) is 2.74. The lowest BCUT2D eigenvalue weighted by Gasteiger charge is -2.33. The van der Waals surface area contributed by atoms with Gasteiger partial charge < -0.3 is 24.4 Å². The van der Waals surface area contributed by atoms with Crippen molar-refractivity contribution in [3.63, 3.8) is 0 Å². The van der Waals surface area contributed by atoms with Crippen molar-refractivity contribution in [3.8, 4) is 10.8 Å². The number of aliphatic hydroxyl groups excluding tert-OH is 1. The van der Waals surface area contributed by atoms with Crippen LogP contribution in [0, 0.1) is 0 Å². The first kappa shape index (κ1) is 24.6. The number of amides is 1. The Morgan fingerprint density at radius 3 is 2.61 bits per heavy atom. The maximum atomic E-state index is 11.9. The quantitative estimate of drug-likeness (QED) is 0.348. The van der Waals surface area contributed by atoms with Crippen LogP contribution in [-0.4, -0.2) is 67.4 Å². The van der Waals surface area contributed by atoms with Gasteiger partial charge in [0.15, 0.2) is 5.06 Å². The molecule has 2 heterocycles. The lowest BCUT2D eigenvalue weighted by Crippen LogP contribution is -2.40. The van der Waals surface area contributed by atoms with E-state index in [1.165, 1.54) is 32.6 Å². The van der Waals surface area contributed by atoms with E-state index < -0.39 is 12.2 Å². The first-order chi connectivity index (χ1) is 17.5. The molecule has 4 aromatic rings. The van der Waals surface area contributed by atoms with Crippen LogP contribution in [0.4, 0.5) is 4.79 Å². The maximum absolute atomic E-state index is 11.9.